The number of carboxylic acids is 1. The van der Waals surface area contributed by atoms with E-state index in [-0.39, 0.29) is 13.0 Å². The summed E-state index contributed by atoms with van der Waals surface area (Å²) in [5, 5.41) is 11.2. The Bertz CT molecular complexity index is 266. The van der Waals surface area contributed by atoms with Gasteiger partial charge in [0.15, 0.2) is 0 Å². The van der Waals surface area contributed by atoms with Crippen LogP contribution in [0.5, 0.6) is 0 Å². The van der Waals surface area contributed by atoms with Gasteiger partial charge in [0.25, 0.3) is 6.43 Å². The Kier molecular flexibility index (Phi) is 9.57. The lowest BCUT2D eigenvalue weighted by molar-refractivity contribution is -0.142. The number of aliphatic carboxylic acids is 1. The Labute approximate surface area is 108 Å². The molecule has 8 heteroatoms. The van der Waals surface area contributed by atoms with Crippen molar-refractivity contribution in [1.29, 1.82) is 0 Å². The van der Waals surface area contributed by atoms with Gasteiger partial charge in [-0.3, -0.25) is 4.79 Å². The summed E-state index contributed by atoms with van der Waals surface area (Å²) >= 11 is 1.48. The molecule has 0 aromatic heterocycles. The van der Waals surface area contributed by atoms with E-state index in [1.54, 1.807) is 0 Å². The lowest BCUT2D eigenvalue weighted by atomic mass is 10.2. The van der Waals surface area contributed by atoms with E-state index in [4.69, 9.17) is 5.11 Å². The molecular weight excluding hydrogens is 268 g/mol. The summed E-state index contributed by atoms with van der Waals surface area (Å²) in [6.45, 7) is -0.868. The second-order valence-electron chi connectivity index (χ2n) is 3.46. The number of ether oxygens (including phenoxy) is 1. The summed E-state index contributed by atoms with van der Waals surface area (Å²) in [4.78, 5) is 22.1. The lowest BCUT2D eigenvalue weighted by Gasteiger charge is -2.13. The van der Waals surface area contributed by atoms with Crippen LogP contribution in [0.2, 0.25) is 0 Å². The predicted octanol–water partition coefficient (Wildman–Crippen LogP) is 0.981. The maximum atomic E-state index is 11.7. The highest BCUT2D eigenvalue weighted by Gasteiger charge is 2.19. The van der Waals surface area contributed by atoms with Gasteiger partial charge in [0.2, 0.25) is 5.91 Å². The molecule has 1 amide bonds. The van der Waals surface area contributed by atoms with Crippen molar-refractivity contribution in [3.8, 4) is 0 Å². The van der Waals surface area contributed by atoms with Crippen LogP contribution in [0.15, 0.2) is 0 Å². The van der Waals surface area contributed by atoms with E-state index in [0.29, 0.717) is 12.2 Å². The van der Waals surface area contributed by atoms with E-state index in [1.165, 1.54) is 11.8 Å². The second kappa shape index (κ2) is 10.1. The standard InChI is InChI=1S/C10H17F2NO4S/c1-18-5-3-7(10(15)16)13-9(14)2-4-17-6-8(11)12/h7-8H,2-6H2,1H3,(H,13,14)(H,15,16)/t7-/m0/s1. The molecule has 0 spiro atoms. The van der Waals surface area contributed by atoms with Crippen molar-refractivity contribution in [2.24, 2.45) is 0 Å². The molecule has 0 rings (SSSR count). The van der Waals surface area contributed by atoms with Crippen molar-refractivity contribution in [1.82, 2.24) is 5.32 Å². The topological polar surface area (TPSA) is 75.6 Å². The molecule has 0 fully saturated rings. The molecule has 0 bridgehead atoms. The summed E-state index contributed by atoms with van der Waals surface area (Å²) in [7, 11) is 0. The largest absolute Gasteiger partial charge is 0.480 e. The van der Waals surface area contributed by atoms with Crippen molar-refractivity contribution in [3.05, 3.63) is 0 Å². The van der Waals surface area contributed by atoms with Crippen LogP contribution >= 0.6 is 11.8 Å². The van der Waals surface area contributed by atoms with Gasteiger partial charge in [0.1, 0.15) is 12.6 Å². The molecule has 0 saturated carbocycles. The first kappa shape index (κ1) is 17.1. The molecule has 0 aliphatic carbocycles. The number of hydrogen-bond acceptors (Lipinski definition) is 4. The van der Waals surface area contributed by atoms with Gasteiger partial charge in [-0.05, 0) is 18.4 Å². The quantitative estimate of drug-likeness (QED) is 0.585. The molecule has 0 aliphatic heterocycles. The molecule has 2 N–H and O–H groups in total. The van der Waals surface area contributed by atoms with Crippen LogP contribution in [0.1, 0.15) is 12.8 Å². The fourth-order valence-electron chi connectivity index (χ4n) is 1.10. The van der Waals surface area contributed by atoms with Crippen molar-refractivity contribution >= 4 is 23.6 Å². The number of thioether (sulfide) groups is 1. The van der Waals surface area contributed by atoms with E-state index >= 15 is 0 Å². The zero-order chi connectivity index (χ0) is 14.0. The average Bonchev–Trinajstić information content (AvgIpc) is 2.29. The number of rotatable bonds is 10. The second-order valence-corrected chi connectivity index (χ2v) is 4.44. The summed E-state index contributed by atoms with van der Waals surface area (Å²) in [6, 6.07) is -0.944. The Balaban J connectivity index is 3.84. The van der Waals surface area contributed by atoms with Gasteiger partial charge in [0, 0.05) is 6.42 Å². The first-order valence-corrected chi connectivity index (χ1v) is 6.73. The van der Waals surface area contributed by atoms with Crippen LogP contribution in [0, 0.1) is 0 Å². The Hall–Kier alpha value is -0.890. The molecule has 1 atom stereocenters. The number of amides is 1. The maximum Gasteiger partial charge on any atom is 0.326 e. The van der Waals surface area contributed by atoms with Crippen LogP contribution in [0.4, 0.5) is 8.78 Å². The maximum absolute atomic E-state index is 11.7. The van der Waals surface area contributed by atoms with Gasteiger partial charge >= 0.3 is 5.97 Å². The number of halogens is 2. The van der Waals surface area contributed by atoms with E-state index < -0.39 is 31.0 Å². The molecule has 0 unspecified atom stereocenters. The summed E-state index contributed by atoms with van der Waals surface area (Å²) in [5.74, 6) is -1.01. The minimum absolute atomic E-state index is 0.129. The van der Waals surface area contributed by atoms with Crippen LogP contribution in [-0.2, 0) is 14.3 Å². The minimum Gasteiger partial charge on any atom is -0.480 e. The number of nitrogens with one attached hydrogen (secondary N) is 1. The minimum atomic E-state index is -2.57. The van der Waals surface area contributed by atoms with Crippen molar-refractivity contribution in [2.75, 3.05) is 25.2 Å². The lowest BCUT2D eigenvalue weighted by Crippen LogP contribution is -2.41. The molecule has 106 valence electrons. The number of carboxylic acid groups (broad SMARTS) is 1. The third-order valence-electron chi connectivity index (χ3n) is 1.96. The fraction of sp³-hybridized carbons (Fsp3) is 0.800. The predicted molar refractivity (Wildman–Crippen MR) is 64.0 cm³/mol. The summed E-state index contributed by atoms with van der Waals surface area (Å²) in [6.07, 6.45) is -0.546. The van der Waals surface area contributed by atoms with Crippen molar-refractivity contribution < 1.29 is 28.2 Å². The van der Waals surface area contributed by atoms with Gasteiger partial charge < -0.3 is 15.2 Å². The highest BCUT2D eigenvalue weighted by molar-refractivity contribution is 7.98. The molecule has 5 nitrogen and oxygen atoms in total. The molecular formula is C10H17F2NO4S. The average molecular weight is 285 g/mol. The van der Waals surface area contributed by atoms with E-state index in [0.717, 1.165) is 0 Å². The number of carbonyl (C=O) groups excluding carboxylic acids is 1. The zero-order valence-corrected chi connectivity index (χ0v) is 10.8. The Morgan fingerprint density at radius 1 is 1.44 bits per heavy atom. The summed E-state index contributed by atoms with van der Waals surface area (Å²) < 4.78 is 27.9. The fourth-order valence-corrected chi connectivity index (χ4v) is 1.57. The van der Waals surface area contributed by atoms with Gasteiger partial charge in [-0.25, -0.2) is 13.6 Å². The highest BCUT2D eigenvalue weighted by Crippen LogP contribution is 2.01. The number of hydrogen-bond donors (Lipinski definition) is 2. The monoisotopic (exact) mass is 285 g/mol. The van der Waals surface area contributed by atoms with Crippen LogP contribution in [-0.4, -0.2) is 54.7 Å². The molecule has 0 aromatic carbocycles. The van der Waals surface area contributed by atoms with Crippen LogP contribution < -0.4 is 5.32 Å². The van der Waals surface area contributed by atoms with Crippen molar-refractivity contribution in [2.45, 2.75) is 25.3 Å². The molecule has 0 saturated heterocycles. The van der Waals surface area contributed by atoms with Gasteiger partial charge in [-0.1, -0.05) is 0 Å². The number of carbonyl (C=O) groups is 2. The molecule has 0 heterocycles. The first-order valence-electron chi connectivity index (χ1n) is 5.34. The molecule has 0 aliphatic rings. The van der Waals surface area contributed by atoms with Crippen molar-refractivity contribution in [3.63, 3.8) is 0 Å². The van der Waals surface area contributed by atoms with Crippen LogP contribution in [0.3, 0.4) is 0 Å². The Morgan fingerprint density at radius 3 is 2.61 bits per heavy atom. The number of alkyl halides is 2. The van der Waals surface area contributed by atoms with Crippen LogP contribution in [0.25, 0.3) is 0 Å². The van der Waals surface area contributed by atoms with Gasteiger partial charge in [-0.15, -0.1) is 0 Å². The third kappa shape index (κ3) is 9.17. The zero-order valence-electron chi connectivity index (χ0n) is 10.0. The molecule has 0 radical (unpaired) electrons. The summed E-state index contributed by atoms with van der Waals surface area (Å²) in [5.41, 5.74) is 0. The molecule has 18 heavy (non-hydrogen) atoms. The van der Waals surface area contributed by atoms with E-state index in [9.17, 15) is 18.4 Å². The smallest absolute Gasteiger partial charge is 0.326 e. The molecule has 0 aromatic rings. The van der Waals surface area contributed by atoms with Gasteiger partial charge in [-0.2, -0.15) is 11.8 Å². The third-order valence-corrected chi connectivity index (χ3v) is 2.61. The van der Waals surface area contributed by atoms with Gasteiger partial charge in [0.05, 0.1) is 6.61 Å². The SMILES string of the molecule is CSCC[C@H](NC(=O)CCOCC(F)F)C(=O)O. The Morgan fingerprint density at radius 2 is 2.11 bits per heavy atom. The highest BCUT2D eigenvalue weighted by atomic mass is 32.2. The first-order chi connectivity index (χ1) is 8.47. The van der Waals surface area contributed by atoms with E-state index in [2.05, 4.69) is 10.1 Å². The normalized spacial score (nSPS) is 12.4. The van der Waals surface area contributed by atoms with E-state index in [1.807, 2.05) is 6.26 Å².